The zero-order chi connectivity index (χ0) is 16.9. The van der Waals surface area contributed by atoms with Crippen LogP contribution in [0.15, 0.2) is 57.2 Å². The predicted molar refractivity (Wildman–Crippen MR) is 90.4 cm³/mol. The molecule has 0 aliphatic carbocycles. The average molecular weight is 364 g/mol. The number of anilines is 1. The maximum Gasteiger partial charge on any atom is 0.243 e. The van der Waals surface area contributed by atoms with Crippen LogP contribution in [0, 0.1) is 0 Å². The number of aliphatic hydroxyl groups excluding tert-OH is 2. The van der Waals surface area contributed by atoms with E-state index in [9.17, 15) is 18.6 Å². The minimum Gasteiger partial charge on any atom is -0.390 e. The third-order valence-electron chi connectivity index (χ3n) is 4.14. The SMILES string of the molecule is O=S(=O)(c1ccc2c(c1)NC(O)c1ccccc1S2)N1CC(O)C1. The van der Waals surface area contributed by atoms with Crippen LogP contribution < -0.4 is 5.32 Å². The first-order valence-electron chi connectivity index (χ1n) is 7.49. The van der Waals surface area contributed by atoms with E-state index in [1.165, 1.54) is 22.1 Å². The molecule has 6 nitrogen and oxygen atoms in total. The Bertz CT molecular complexity index is 895. The Kier molecular flexibility index (Phi) is 3.81. The lowest BCUT2D eigenvalue weighted by Crippen LogP contribution is -2.53. The molecule has 0 amide bonds. The van der Waals surface area contributed by atoms with E-state index in [0.717, 1.165) is 15.4 Å². The molecule has 1 fully saturated rings. The van der Waals surface area contributed by atoms with Crippen LogP contribution in [0.3, 0.4) is 0 Å². The quantitative estimate of drug-likeness (QED) is 0.750. The molecule has 8 heteroatoms. The van der Waals surface area contributed by atoms with Crippen molar-refractivity contribution in [3.05, 3.63) is 48.0 Å². The predicted octanol–water partition coefficient (Wildman–Crippen LogP) is 1.62. The second-order valence-electron chi connectivity index (χ2n) is 5.82. The third kappa shape index (κ3) is 2.60. The van der Waals surface area contributed by atoms with Crippen LogP contribution in [0.4, 0.5) is 5.69 Å². The van der Waals surface area contributed by atoms with Crippen LogP contribution >= 0.6 is 11.8 Å². The lowest BCUT2D eigenvalue weighted by molar-refractivity contribution is 0.0548. The maximum atomic E-state index is 12.5. The fourth-order valence-electron chi connectivity index (χ4n) is 2.78. The van der Waals surface area contributed by atoms with Gasteiger partial charge in [0.1, 0.15) is 0 Å². The number of β-amino-alcohol motifs (C(OH)–C–C–N with tert-alkyl or cyclic N) is 1. The largest absolute Gasteiger partial charge is 0.390 e. The smallest absolute Gasteiger partial charge is 0.243 e. The van der Waals surface area contributed by atoms with Gasteiger partial charge in [0, 0.05) is 28.4 Å². The first-order chi connectivity index (χ1) is 11.4. The number of nitrogens with one attached hydrogen (secondary N) is 1. The highest BCUT2D eigenvalue weighted by Crippen LogP contribution is 2.42. The van der Waals surface area contributed by atoms with E-state index in [0.29, 0.717) is 5.69 Å². The number of benzene rings is 2. The number of aliphatic hydroxyl groups is 2. The van der Waals surface area contributed by atoms with Crippen LogP contribution in [0.25, 0.3) is 0 Å². The lowest BCUT2D eigenvalue weighted by Gasteiger charge is -2.34. The van der Waals surface area contributed by atoms with E-state index < -0.39 is 22.4 Å². The van der Waals surface area contributed by atoms with E-state index in [4.69, 9.17) is 0 Å². The summed E-state index contributed by atoms with van der Waals surface area (Å²) in [5.41, 5.74) is 1.33. The van der Waals surface area contributed by atoms with Gasteiger partial charge >= 0.3 is 0 Å². The van der Waals surface area contributed by atoms with Gasteiger partial charge < -0.3 is 15.5 Å². The van der Waals surface area contributed by atoms with Crippen molar-refractivity contribution in [2.45, 2.75) is 27.0 Å². The Balaban J connectivity index is 1.71. The summed E-state index contributed by atoms with van der Waals surface area (Å²) in [4.78, 5) is 1.93. The highest BCUT2D eigenvalue weighted by atomic mass is 32.2. The normalized spacial score (nSPS) is 21.2. The highest BCUT2D eigenvalue weighted by Gasteiger charge is 2.36. The molecule has 126 valence electrons. The fourth-order valence-corrected chi connectivity index (χ4v) is 5.36. The molecule has 1 saturated heterocycles. The molecule has 0 radical (unpaired) electrons. The second kappa shape index (κ2) is 5.75. The maximum absolute atomic E-state index is 12.5. The van der Waals surface area contributed by atoms with Crippen molar-refractivity contribution < 1.29 is 18.6 Å². The zero-order valence-electron chi connectivity index (χ0n) is 12.6. The Morgan fingerprint density at radius 1 is 1.08 bits per heavy atom. The number of sulfonamides is 1. The Morgan fingerprint density at radius 2 is 1.83 bits per heavy atom. The summed E-state index contributed by atoms with van der Waals surface area (Å²) < 4.78 is 26.3. The molecule has 2 heterocycles. The van der Waals surface area contributed by atoms with Crippen molar-refractivity contribution in [1.82, 2.24) is 4.31 Å². The van der Waals surface area contributed by atoms with Gasteiger partial charge in [-0.1, -0.05) is 30.0 Å². The van der Waals surface area contributed by atoms with E-state index >= 15 is 0 Å². The van der Waals surface area contributed by atoms with E-state index in [1.807, 2.05) is 24.3 Å². The second-order valence-corrected chi connectivity index (χ2v) is 8.84. The molecule has 0 bridgehead atoms. The molecule has 2 aromatic rings. The number of hydrogen-bond donors (Lipinski definition) is 3. The van der Waals surface area contributed by atoms with Gasteiger partial charge in [0.25, 0.3) is 0 Å². The van der Waals surface area contributed by atoms with Crippen LogP contribution in [0.5, 0.6) is 0 Å². The van der Waals surface area contributed by atoms with E-state index in [-0.39, 0.29) is 18.0 Å². The first-order valence-corrected chi connectivity index (χ1v) is 9.74. The summed E-state index contributed by atoms with van der Waals surface area (Å²) in [7, 11) is -3.62. The summed E-state index contributed by atoms with van der Waals surface area (Å²) >= 11 is 1.48. The summed E-state index contributed by atoms with van der Waals surface area (Å²) in [6.07, 6.45) is -1.50. The molecule has 0 saturated carbocycles. The van der Waals surface area contributed by atoms with Gasteiger partial charge in [-0.05, 0) is 24.3 Å². The average Bonchev–Trinajstić information content (AvgIpc) is 2.67. The number of hydrogen-bond acceptors (Lipinski definition) is 6. The van der Waals surface area contributed by atoms with Crippen molar-refractivity contribution >= 4 is 27.5 Å². The van der Waals surface area contributed by atoms with E-state index in [2.05, 4.69) is 5.32 Å². The third-order valence-corrected chi connectivity index (χ3v) is 7.14. The first kappa shape index (κ1) is 15.9. The van der Waals surface area contributed by atoms with Crippen molar-refractivity contribution in [3.8, 4) is 0 Å². The molecule has 2 aromatic carbocycles. The van der Waals surface area contributed by atoms with Crippen molar-refractivity contribution in [2.24, 2.45) is 0 Å². The van der Waals surface area contributed by atoms with Gasteiger partial charge in [-0.3, -0.25) is 0 Å². The Labute approximate surface area is 144 Å². The van der Waals surface area contributed by atoms with Crippen LogP contribution in [-0.4, -0.2) is 42.1 Å². The highest BCUT2D eigenvalue weighted by molar-refractivity contribution is 7.99. The number of nitrogens with zero attached hydrogens (tertiary/aromatic N) is 1. The molecule has 3 N–H and O–H groups in total. The molecule has 4 rings (SSSR count). The minimum atomic E-state index is -3.62. The van der Waals surface area contributed by atoms with Crippen molar-refractivity contribution in [1.29, 1.82) is 0 Å². The summed E-state index contributed by atoms with van der Waals surface area (Å²) in [5, 5.41) is 22.7. The Morgan fingerprint density at radius 3 is 2.58 bits per heavy atom. The molecular weight excluding hydrogens is 348 g/mol. The molecule has 1 atom stereocenters. The minimum absolute atomic E-state index is 0.121. The molecule has 0 spiro atoms. The lowest BCUT2D eigenvalue weighted by atomic mass is 10.2. The van der Waals surface area contributed by atoms with Gasteiger partial charge in [0.05, 0.1) is 16.7 Å². The monoisotopic (exact) mass is 364 g/mol. The van der Waals surface area contributed by atoms with E-state index in [1.54, 1.807) is 12.1 Å². The van der Waals surface area contributed by atoms with Gasteiger partial charge in [-0.25, -0.2) is 8.42 Å². The topological polar surface area (TPSA) is 89.9 Å². The summed E-state index contributed by atoms with van der Waals surface area (Å²) in [6, 6.07) is 12.4. The van der Waals surface area contributed by atoms with Gasteiger partial charge in [-0.2, -0.15) is 4.31 Å². The standard InChI is InChI=1S/C16H16N2O4S2/c19-10-8-18(9-10)24(21,22)11-5-6-15-13(7-11)17-16(20)12-3-1-2-4-14(12)23-15/h1-7,10,16-17,19-20H,8-9H2. The van der Waals surface area contributed by atoms with Gasteiger partial charge in [0.2, 0.25) is 10.0 Å². The fraction of sp³-hybridized carbons (Fsp3) is 0.250. The summed E-state index contributed by atoms with van der Waals surface area (Å²) in [5.74, 6) is 0. The number of rotatable bonds is 2. The molecule has 2 aliphatic rings. The van der Waals surface area contributed by atoms with Crippen LogP contribution in [-0.2, 0) is 10.0 Å². The van der Waals surface area contributed by atoms with Gasteiger partial charge in [-0.15, -0.1) is 0 Å². The zero-order valence-corrected chi connectivity index (χ0v) is 14.2. The van der Waals surface area contributed by atoms with Crippen LogP contribution in [0.2, 0.25) is 0 Å². The summed E-state index contributed by atoms with van der Waals surface area (Å²) in [6.45, 7) is 0.241. The molecule has 2 aliphatic heterocycles. The van der Waals surface area contributed by atoms with Crippen molar-refractivity contribution in [3.63, 3.8) is 0 Å². The number of fused-ring (bicyclic) bond motifs is 2. The van der Waals surface area contributed by atoms with Gasteiger partial charge in [0.15, 0.2) is 6.23 Å². The molecule has 0 aromatic heterocycles. The van der Waals surface area contributed by atoms with Crippen LogP contribution in [0.1, 0.15) is 11.8 Å². The molecular formula is C16H16N2O4S2. The van der Waals surface area contributed by atoms with Crippen molar-refractivity contribution in [2.75, 3.05) is 18.4 Å². The molecule has 1 unspecified atom stereocenters. The Hall–Kier alpha value is -1.58. The molecule has 24 heavy (non-hydrogen) atoms.